The van der Waals surface area contributed by atoms with Gasteiger partial charge in [-0.05, 0) is 85.9 Å². The van der Waals surface area contributed by atoms with Gasteiger partial charge < -0.3 is 15.3 Å². The molecule has 4 aliphatic rings. The highest BCUT2D eigenvalue weighted by Gasteiger charge is 2.67. The Morgan fingerprint density at radius 2 is 1.62 bits per heavy atom. The van der Waals surface area contributed by atoms with Gasteiger partial charge in [-0.2, -0.15) is 0 Å². The topological polar surface area (TPSA) is 60.7 Å². The number of aliphatic hydroxyl groups excluding tert-OH is 2. The fourth-order valence-corrected chi connectivity index (χ4v) is 8.70. The summed E-state index contributed by atoms with van der Waals surface area (Å²) in [6.45, 7) is 11.7. The molecule has 4 saturated carbocycles. The monoisotopic (exact) mass is 404 g/mol. The van der Waals surface area contributed by atoms with Crippen molar-refractivity contribution >= 4 is 0 Å². The summed E-state index contributed by atoms with van der Waals surface area (Å²) in [5.74, 6) is 3.57. The Morgan fingerprint density at radius 1 is 0.897 bits per heavy atom. The minimum absolute atomic E-state index is 0.267. The molecule has 4 fully saturated rings. The van der Waals surface area contributed by atoms with E-state index in [1.165, 1.54) is 19.3 Å². The Bertz CT molecular complexity index is 644. The van der Waals surface area contributed by atoms with E-state index in [-0.39, 0.29) is 5.41 Å². The van der Waals surface area contributed by atoms with E-state index in [1.807, 2.05) is 0 Å². The molecule has 0 aromatic rings. The smallest absolute Gasteiger partial charge is 0.0985 e. The first-order valence-electron chi connectivity index (χ1n) is 12.3. The van der Waals surface area contributed by atoms with Crippen LogP contribution in [0.25, 0.3) is 0 Å². The molecule has 0 radical (unpaired) electrons. The zero-order valence-corrected chi connectivity index (χ0v) is 19.3. The molecule has 0 aliphatic heterocycles. The van der Waals surface area contributed by atoms with Crippen molar-refractivity contribution in [1.29, 1.82) is 0 Å². The molecular weight excluding hydrogens is 360 g/mol. The molecule has 3 heteroatoms. The maximum absolute atomic E-state index is 11.6. The fourth-order valence-electron chi connectivity index (χ4n) is 8.70. The highest BCUT2D eigenvalue weighted by Crippen LogP contribution is 2.69. The number of aliphatic hydroxyl groups is 3. The highest BCUT2D eigenvalue weighted by molar-refractivity contribution is 5.17. The van der Waals surface area contributed by atoms with Crippen molar-refractivity contribution in [1.82, 2.24) is 0 Å². The third-order valence-electron chi connectivity index (χ3n) is 10.3. The second-order valence-electron chi connectivity index (χ2n) is 12.1. The molecule has 3 nitrogen and oxygen atoms in total. The van der Waals surface area contributed by atoms with Crippen LogP contribution in [0.1, 0.15) is 86.0 Å². The molecule has 4 rings (SSSR count). The van der Waals surface area contributed by atoms with E-state index in [1.54, 1.807) is 0 Å². The average Bonchev–Trinajstić information content (AvgIpc) is 3.00. The van der Waals surface area contributed by atoms with Crippen molar-refractivity contribution in [3.63, 3.8) is 0 Å². The summed E-state index contributed by atoms with van der Waals surface area (Å²) in [6, 6.07) is 0. The molecular formula is C26H44O3. The van der Waals surface area contributed by atoms with E-state index in [0.717, 1.165) is 25.2 Å². The first kappa shape index (κ1) is 21.8. The van der Waals surface area contributed by atoms with Gasteiger partial charge in [0.15, 0.2) is 0 Å². The van der Waals surface area contributed by atoms with Crippen molar-refractivity contribution in [3.8, 4) is 0 Å². The SMILES string of the molecule is CC(C)/C=C/[C@@H](C)[C@H]1CCC2C3C[C@@H](O)[C@@]4(O)C[C@@H](O)CC[C@]4(C)C3CC[C@@]21C. The summed E-state index contributed by atoms with van der Waals surface area (Å²) < 4.78 is 0. The van der Waals surface area contributed by atoms with Crippen molar-refractivity contribution in [3.05, 3.63) is 12.2 Å². The second kappa shape index (κ2) is 7.35. The van der Waals surface area contributed by atoms with Gasteiger partial charge in [-0.25, -0.2) is 0 Å². The van der Waals surface area contributed by atoms with Crippen LogP contribution >= 0.6 is 0 Å². The van der Waals surface area contributed by atoms with Gasteiger partial charge >= 0.3 is 0 Å². The quantitative estimate of drug-likeness (QED) is 0.584. The van der Waals surface area contributed by atoms with Crippen LogP contribution in [0.5, 0.6) is 0 Å². The number of hydrogen-bond donors (Lipinski definition) is 3. The molecule has 0 aromatic carbocycles. The lowest BCUT2D eigenvalue weighted by molar-refractivity contribution is -0.264. The van der Waals surface area contributed by atoms with E-state index in [9.17, 15) is 15.3 Å². The van der Waals surface area contributed by atoms with E-state index >= 15 is 0 Å². The first-order chi connectivity index (χ1) is 13.5. The fraction of sp³-hybridized carbons (Fsp3) is 0.923. The number of hydrogen-bond acceptors (Lipinski definition) is 3. The molecule has 0 heterocycles. The summed E-state index contributed by atoms with van der Waals surface area (Å²) in [6.07, 6.45) is 11.3. The molecule has 3 unspecified atom stereocenters. The lowest BCUT2D eigenvalue weighted by Gasteiger charge is -2.65. The normalized spacial score (nSPS) is 53.6. The largest absolute Gasteiger partial charge is 0.393 e. The maximum Gasteiger partial charge on any atom is 0.0985 e. The standard InChI is InChI=1S/C26H44O3/c1-16(2)6-7-17(3)20-8-9-21-19-14-23(28)26(29)15-18(27)10-13-25(26,5)22(19)11-12-24(20,21)4/h6-7,16-23,27-29H,8-15H2,1-5H3/b7-6+/t17-,18+,19?,20-,21?,22?,23-,24-,25-,26+/m1/s1. The molecule has 3 N–H and O–H groups in total. The van der Waals surface area contributed by atoms with Crippen LogP contribution < -0.4 is 0 Å². The minimum atomic E-state index is -1.12. The van der Waals surface area contributed by atoms with Gasteiger partial charge in [-0.3, -0.25) is 0 Å². The van der Waals surface area contributed by atoms with Crippen molar-refractivity contribution < 1.29 is 15.3 Å². The van der Waals surface area contributed by atoms with Gasteiger partial charge in [-0.1, -0.05) is 46.8 Å². The molecule has 0 saturated heterocycles. The summed E-state index contributed by atoms with van der Waals surface area (Å²) in [5.41, 5.74) is -1.04. The van der Waals surface area contributed by atoms with Crippen LogP contribution in [-0.2, 0) is 0 Å². The third-order valence-corrected chi connectivity index (χ3v) is 10.3. The van der Waals surface area contributed by atoms with Gasteiger partial charge in [0.25, 0.3) is 0 Å². The van der Waals surface area contributed by atoms with Crippen LogP contribution in [0.4, 0.5) is 0 Å². The molecule has 0 bridgehead atoms. The van der Waals surface area contributed by atoms with Gasteiger partial charge in [-0.15, -0.1) is 0 Å². The molecule has 10 atom stereocenters. The number of rotatable bonds is 3. The molecule has 4 aliphatic carbocycles. The predicted octanol–water partition coefficient (Wildman–Crippen LogP) is 4.94. The van der Waals surface area contributed by atoms with Crippen LogP contribution in [0.2, 0.25) is 0 Å². The number of allylic oxidation sites excluding steroid dienone is 2. The molecule has 0 spiro atoms. The summed E-state index contributed by atoms with van der Waals surface area (Å²) >= 11 is 0. The lowest BCUT2D eigenvalue weighted by Crippen LogP contribution is -2.68. The van der Waals surface area contributed by atoms with Crippen molar-refractivity contribution in [2.24, 2.45) is 46.3 Å². The van der Waals surface area contributed by atoms with E-state index < -0.39 is 17.8 Å². The van der Waals surface area contributed by atoms with Gasteiger partial charge in [0.2, 0.25) is 0 Å². The summed E-state index contributed by atoms with van der Waals surface area (Å²) in [5, 5.41) is 33.0. The first-order valence-corrected chi connectivity index (χ1v) is 12.3. The minimum Gasteiger partial charge on any atom is -0.393 e. The number of fused-ring (bicyclic) bond motifs is 5. The van der Waals surface area contributed by atoms with E-state index in [2.05, 4.69) is 46.8 Å². The van der Waals surface area contributed by atoms with Crippen molar-refractivity contribution in [2.45, 2.75) is 104 Å². The average molecular weight is 405 g/mol. The van der Waals surface area contributed by atoms with Crippen LogP contribution in [-0.4, -0.2) is 33.1 Å². The Balaban J connectivity index is 1.61. The van der Waals surface area contributed by atoms with Gasteiger partial charge in [0, 0.05) is 11.8 Å². The zero-order chi connectivity index (χ0) is 21.2. The van der Waals surface area contributed by atoms with Gasteiger partial charge in [0.05, 0.1) is 17.8 Å². The third kappa shape index (κ3) is 3.17. The molecule has 0 amide bonds. The molecule has 29 heavy (non-hydrogen) atoms. The Kier molecular flexibility index (Phi) is 5.53. The Morgan fingerprint density at radius 3 is 2.31 bits per heavy atom. The van der Waals surface area contributed by atoms with E-state index in [0.29, 0.717) is 47.8 Å². The van der Waals surface area contributed by atoms with Crippen molar-refractivity contribution in [2.75, 3.05) is 0 Å². The van der Waals surface area contributed by atoms with E-state index in [4.69, 9.17) is 0 Å². The van der Waals surface area contributed by atoms with Crippen LogP contribution in [0, 0.1) is 46.3 Å². The van der Waals surface area contributed by atoms with Crippen LogP contribution in [0.3, 0.4) is 0 Å². The summed E-state index contributed by atoms with van der Waals surface area (Å²) in [7, 11) is 0. The zero-order valence-electron chi connectivity index (χ0n) is 19.3. The maximum atomic E-state index is 11.6. The molecule has 0 aromatic heterocycles. The Labute approximate surface area is 178 Å². The lowest BCUT2D eigenvalue weighted by atomic mass is 9.42. The molecule has 166 valence electrons. The van der Waals surface area contributed by atoms with Gasteiger partial charge in [0.1, 0.15) is 0 Å². The predicted molar refractivity (Wildman–Crippen MR) is 117 cm³/mol. The Hall–Kier alpha value is -0.380. The summed E-state index contributed by atoms with van der Waals surface area (Å²) in [4.78, 5) is 0. The van der Waals surface area contributed by atoms with Crippen LogP contribution in [0.15, 0.2) is 12.2 Å². The second-order valence-corrected chi connectivity index (χ2v) is 12.1. The highest BCUT2D eigenvalue weighted by atomic mass is 16.3.